The summed E-state index contributed by atoms with van der Waals surface area (Å²) in [5.41, 5.74) is 3.10. The Kier molecular flexibility index (Phi) is 6.24. The maximum absolute atomic E-state index is 11.2. The van der Waals surface area contributed by atoms with Crippen molar-refractivity contribution in [1.29, 1.82) is 0 Å². The smallest absolute Gasteiger partial charge is 0.335 e. The molecule has 0 atom stereocenters. The van der Waals surface area contributed by atoms with Gasteiger partial charge in [0.15, 0.2) is 6.29 Å². The van der Waals surface area contributed by atoms with Gasteiger partial charge in [0.25, 0.3) is 5.89 Å². The van der Waals surface area contributed by atoms with E-state index in [1.165, 1.54) is 56.2 Å². The predicted molar refractivity (Wildman–Crippen MR) is 135 cm³/mol. The maximum atomic E-state index is 11.2. The van der Waals surface area contributed by atoms with E-state index in [2.05, 4.69) is 16.2 Å². The van der Waals surface area contributed by atoms with E-state index in [0.29, 0.717) is 23.9 Å². The highest BCUT2D eigenvalue weighted by molar-refractivity contribution is 5.88. The molecule has 4 saturated carbocycles. The van der Waals surface area contributed by atoms with Crippen molar-refractivity contribution in [3.8, 4) is 28.6 Å². The minimum atomic E-state index is -0.973. The van der Waals surface area contributed by atoms with Crippen LogP contribution in [-0.2, 0) is 14.9 Å². The lowest BCUT2D eigenvalue weighted by molar-refractivity contribution is -0.122. The highest BCUT2D eigenvalue weighted by Gasteiger charge is 2.52. The molecule has 0 radical (unpaired) electrons. The number of hydrogen-bond donors (Lipinski definition) is 1. The molecule has 0 amide bonds. The molecule has 0 saturated heterocycles. The lowest BCUT2D eigenvalue weighted by Gasteiger charge is -2.57. The summed E-state index contributed by atoms with van der Waals surface area (Å²) in [4.78, 5) is 15.8. The molecule has 0 unspecified atom stereocenters. The molecule has 194 valence electrons. The average Bonchev–Trinajstić information content (AvgIpc) is 3.39. The maximum Gasteiger partial charge on any atom is 0.335 e. The van der Waals surface area contributed by atoms with E-state index in [4.69, 9.17) is 23.8 Å². The first-order valence-corrected chi connectivity index (χ1v) is 13.0. The number of ether oxygens (including phenoxy) is 3. The van der Waals surface area contributed by atoms with E-state index in [1.807, 2.05) is 12.1 Å². The number of carbonyl (C=O) groups is 1. The van der Waals surface area contributed by atoms with E-state index < -0.39 is 12.3 Å². The normalized spacial score (nSPS) is 26.1. The standard InChI is InChI=1S/C29H32N2O6/c1-34-25(35-2)16-36-24-8-7-22(12-23(24)29-13-17-9-18(14-29)11-19(10-17)15-29)26-30-27(37-31-26)20-3-5-21(6-4-20)28(32)33/h3-8,12,17-19,25H,9-11,13-16H2,1-2H3,(H,32,33). The third kappa shape index (κ3) is 4.53. The van der Waals surface area contributed by atoms with Crippen LogP contribution in [0.3, 0.4) is 0 Å². The van der Waals surface area contributed by atoms with Gasteiger partial charge >= 0.3 is 5.97 Å². The number of carboxylic acid groups (broad SMARTS) is 1. The largest absolute Gasteiger partial charge is 0.488 e. The van der Waals surface area contributed by atoms with Crippen molar-refractivity contribution >= 4 is 5.97 Å². The molecule has 1 aromatic heterocycles. The summed E-state index contributed by atoms with van der Waals surface area (Å²) in [6.45, 7) is 0.310. The van der Waals surface area contributed by atoms with Gasteiger partial charge in [-0.25, -0.2) is 4.79 Å². The van der Waals surface area contributed by atoms with Gasteiger partial charge < -0.3 is 23.8 Å². The molecule has 3 aromatic rings. The second-order valence-corrected chi connectivity index (χ2v) is 10.9. The first kappa shape index (κ1) is 24.1. The summed E-state index contributed by atoms with van der Waals surface area (Å²) in [5, 5.41) is 13.4. The molecule has 1 N–H and O–H groups in total. The van der Waals surface area contributed by atoms with Gasteiger partial charge in [0, 0.05) is 30.9 Å². The topological polar surface area (TPSA) is 104 Å². The van der Waals surface area contributed by atoms with Gasteiger partial charge in [-0.1, -0.05) is 5.16 Å². The number of methoxy groups -OCH3 is 2. The van der Waals surface area contributed by atoms with E-state index >= 15 is 0 Å². The first-order chi connectivity index (χ1) is 18.0. The number of hydrogen-bond acceptors (Lipinski definition) is 7. The minimum Gasteiger partial charge on any atom is -0.488 e. The molecule has 4 fully saturated rings. The fourth-order valence-electron chi connectivity index (χ4n) is 7.25. The number of aromatic nitrogens is 2. The third-order valence-electron chi connectivity index (χ3n) is 8.55. The lowest BCUT2D eigenvalue weighted by Crippen LogP contribution is -2.48. The van der Waals surface area contributed by atoms with Crippen molar-refractivity contribution in [1.82, 2.24) is 10.1 Å². The lowest BCUT2D eigenvalue weighted by atomic mass is 9.48. The molecule has 2 aromatic carbocycles. The van der Waals surface area contributed by atoms with Crippen LogP contribution in [0.2, 0.25) is 0 Å². The zero-order valence-electron chi connectivity index (χ0n) is 21.2. The van der Waals surface area contributed by atoms with Crippen LogP contribution in [0.25, 0.3) is 22.8 Å². The van der Waals surface area contributed by atoms with Gasteiger partial charge in [0.2, 0.25) is 5.82 Å². The van der Waals surface area contributed by atoms with E-state index in [1.54, 1.807) is 26.4 Å². The molecule has 37 heavy (non-hydrogen) atoms. The third-order valence-corrected chi connectivity index (χ3v) is 8.55. The number of aromatic carboxylic acids is 1. The Bertz CT molecular complexity index is 1240. The van der Waals surface area contributed by atoms with Crippen LogP contribution in [0, 0.1) is 17.8 Å². The molecule has 8 heteroatoms. The summed E-state index contributed by atoms with van der Waals surface area (Å²) in [6.07, 6.45) is 7.24. The minimum absolute atomic E-state index is 0.106. The molecule has 4 bridgehead atoms. The van der Waals surface area contributed by atoms with Crippen LogP contribution in [0.4, 0.5) is 0 Å². The number of nitrogens with zero attached hydrogens (tertiary/aromatic N) is 2. The van der Waals surface area contributed by atoms with E-state index in [0.717, 1.165) is 29.1 Å². The Balaban J connectivity index is 1.34. The van der Waals surface area contributed by atoms with Crippen molar-refractivity contribution in [2.24, 2.45) is 17.8 Å². The Hall–Kier alpha value is -3.23. The van der Waals surface area contributed by atoms with Crippen molar-refractivity contribution in [2.45, 2.75) is 50.2 Å². The van der Waals surface area contributed by atoms with Gasteiger partial charge in [-0.3, -0.25) is 0 Å². The summed E-state index contributed by atoms with van der Waals surface area (Å²) in [5.74, 6) is 3.13. The zero-order valence-corrected chi connectivity index (χ0v) is 21.2. The number of carboxylic acids is 1. The van der Waals surface area contributed by atoms with Crippen molar-refractivity contribution in [3.05, 3.63) is 53.6 Å². The molecule has 7 rings (SSSR count). The Labute approximate surface area is 215 Å². The van der Waals surface area contributed by atoms with Crippen LogP contribution in [0.1, 0.15) is 54.4 Å². The highest BCUT2D eigenvalue weighted by Crippen LogP contribution is 2.62. The monoisotopic (exact) mass is 504 g/mol. The summed E-state index contributed by atoms with van der Waals surface area (Å²) in [7, 11) is 3.23. The molecular formula is C29H32N2O6. The molecule has 8 nitrogen and oxygen atoms in total. The number of benzene rings is 2. The van der Waals surface area contributed by atoms with E-state index in [9.17, 15) is 4.79 Å². The summed E-state index contributed by atoms with van der Waals surface area (Å²) >= 11 is 0. The SMILES string of the molecule is COC(COc1ccc(-c2noc(-c3ccc(C(=O)O)cc3)n2)cc1C12CC3CC(CC(C3)C1)C2)OC. The van der Waals surface area contributed by atoms with Crippen LogP contribution in [0.5, 0.6) is 5.75 Å². The predicted octanol–water partition coefficient (Wildman–Crippen LogP) is 5.57. The molecule has 4 aliphatic carbocycles. The first-order valence-electron chi connectivity index (χ1n) is 13.0. The summed E-state index contributed by atoms with van der Waals surface area (Å²) < 4.78 is 22.6. The molecular weight excluding hydrogens is 472 g/mol. The Morgan fingerprint density at radius 3 is 2.22 bits per heavy atom. The fraction of sp³-hybridized carbons (Fsp3) is 0.483. The van der Waals surface area contributed by atoms with E-state index in [-0.39, 0.29) is 11.0 Å². The van der Waals surface area contributed by atoms with Crippen LogP contribution in [-0.4, -0.2) is 48.3 Å². The van der Waals surface area contributed by atoms with Gasteiger partial charge in [-0.15, -0.1) is 0 Å². The van der Waals surface area contributed by atoms with Crippen LogP contribution >= 0.6 is 0 Å². The van der Waals surface area contributed by atoms with Gasteiger partial charge in [-0.2, -0.15) is 4.98 Å². The van der Waals surface area contributed by atoms with Crippen LogP contribution < -0.4 is 4.74 Å². The second kappa shape index (κ2) is 9.58. The number of rotatable bonds is 9. The zero-order chi connectivity index (χ0) is 25.6. The molecule has 1 heterocycles. The van der Waals surface area contributed by atoms with Crippen molar-refractivity contribution in [3.63, 3.8) is 0 Å². The average molecular weight is 505 g/mol. The Morgan fingerprint density at radius 2 is 1.62 bits per heavy atom. The van der Waals surface area contributed by atoms with Gasteiger partial charge in [0.1, 0.15) is 12.4 Å². The van der Waals surface area contributed by atoms with Crippen LogP contribution in [0.15, 0.2) is 47.0 Å². The fourth-order valence-corrected chi connectivity index (χ4v) is 7.25. The van der Waals surface area contributed by atoms with Crippen molar-refractivity contribution in [2.75, 3.05) is 20.8 Å². The molecule has 0 spiro atoms. The van der Waals surface area contributed by atoms with Gasteiger partial charge in [0.05, 0.1) is 5.56 Å². The Morgan fingerprint density at radius 1 is 1.00 bits per heavy atom. The molecule has 4 aliphatic rings. The summed E-state index contributed by atoms with van der Waals surface area (Å²) in [6, 6.07) is 12.6. The van der Waals surface area contributed by atoms with Gasteiger partial charge in [-0.05, 0) is 104 Å². The molecule has 0 aliphatic heterocycles. The second-order valence-electron chi connectivity index (χ2n) is 10.9. The quantitative estimate of drug-likeness (QED) is 0.377. The van der Waals surface area contributed by atoms with Crippen molar-refractivity contribution < 1.29 is 28.6 Å². The highest BCUT2D eigenvalue weighted by atomic mass is 16.7.